The molecule has 0 saturated carbocycles. The molecule has 51 heavy (non-hydrogen) atoms. The lowest BCUT2D eigenvalue weighted by molar-refractivity contribution is -0.161. The van der Waals surface area contributed by atoms with Gasteiger partial charge in [0, 0.05) is 60.2 Å². The molecule has 266 valence electrons. The van der Waals surface area contributed by atoms with E-state index < -0.39 is 70.0 Å². The Morgan fingerprint density at radius 1 is 0.902 bits per heavy atom. The number of β-lactam (4-membered cyclic amide) rings is 1. The minimum absolute atomic E-state index is 0.0109. The third kappa shape index (κ3) is 7.33. The molecule has 2 aliphatic heterocycles. The standard InChI is InChI=1S/C33H29N3O13S2/c1-13(37)46-11-17-12-50-32-27(45-4)31(43)36(32)25(17)33(44)49-18-7-5-16(6-8-18)23(29(34)41)28-24(30(35)42)26(40)19-9-20(47-14(2)38)21(48-15(3)39)10-22(19)51-28/h5-10,23,27,32H,11-12H2,1-4H3,(H2,34,41)(H2,35,42)/t23?,27-,32-/m0/s1. The number of thioether (sulfide) groups is 1. The van der Waals surface area contributed by atoms with E-state index in [0.717, 1.165) is 31.3 Å². The summed E-state index contributed by atoms with van der Waals surface area (Å²) in [7, 11) is 1.38. The van der Waals surface area contributed by atoms with Crippen LogP contribution in [0.2, 0.25) is 0 Å². The zero-order valence-corrected chi connectivity index (χ0v) is 29.0. The van der Waals surface area contributed by atoms with Crippen LogP contribution in [0.3, 0.4) is 0 Å². The average Bonchev–Trinajstić information content (AvgIpc) is 3.04. The van der Waals surface area contributed by atoms with Crippen LogP contribution in [0.25, 0.3) is 10.1 Å². The summed E-state index contributed by atoms with van der Waals surface area (Å²) >= 11 is 2.13. The molecule has 1 saturated heterocycles. The van der Waals surface area contributed by atoms with Crippen LogP contribution in [0, 0.1) is 0 Å². The summed E-state index contributed by atoms with van der Waals surface area (Å²) in [4.78, 5) is 102. The Bertz CT molecular complexity index is 2110. The van der Waals surface area contributed by atoms with Crippen LogP contribution >= 0.6 is 23.1 Å². The summed E-state index contributed by atoms with van der Waals surface area (Å²) in [6, 6.07) is 7.78. The van der Waals surface area contributed by atoms with E-state index in [1.165, 1.54) is 61.0 Å². The Balaban J connectivity index is 1.52. The number of esters is 4. The number of hydrogen-bond acceptors (Lipinski definition) is 15. The van der Waals surface area contributed by atoms with Crippen molar-refractivity contribution in [3.8, 4) is 17.2 Å². The molecule has 1 unspecified atom stereocenters. The van der Waals surface area contributed by atoms with Crippen molar-refractivity contribution in [1.82, 2.24) is 4.90 Å². The predicted molar refractivity (Wildman–Crippen MR) is 180 cm³/mol. The van der Waals surface area contributed by atoms with Crippen LogP contribution in [0.1, 0.15) is 47.5 Å². The molecule has 3 heterocycles. The minimum atomic E-state index is -1.41. The average molecular weight is 740 g/mol. The van der Waals surface area contributed by atoms with Gasteiger partial charge in [0.05, 0.1) is 5.92 Å². The van der Waals surface area contributed by atoms with Crippen molar-refractivity contribution >= 4 is 74.8 Å². The van der Waals surface area contributed by atoms with Gasteiger partial charge in [-0.25, -0.2) is 4.79 Å². The van der Waals surface area contributed by atoms with Gasteiger partial charge >= 0.3 is 23.9 Å². The summed E-state index contributed by atoms with van der Waals surface area (Å²) in [6.45, 7) is 3.17. The van der Waals surface area contributed by atoms with Crippen LogP contribution in [0.5, 0.6) is 17.2 Å². The molecular weight excluding hydrogens is 711 g/mol. The summed E-state index contributed by atoms with van der Waals surface area (Å²) < 4.78 is 26.3. The number of nitrogens with zero attached hydrogens (tertiary/aromatic N) is 1. The molecule has 2 aromatic carbocycles. The Morgan fingerprint density at radius 3 is 2.08 bits per heavy atom. The highest BCUT2D eigenvalue weighted by molar-refractivity contribution is 8.00. The second-order valence-electron chi connectivity index (χ2n) is 11.1. The van der Waals surface area contributed by atoms with Crippen molar-refractivity contribution in [2.45, 2.75) is 38.2 Å². The summed E-state index contributed by atoms with van der Waals surface area (Å²) in [5.74, 6) is -7.26. The third-order valence-electron chi connectivity index (χ3n) is 7.60. The van der Waals surface area contributed by atoms with Gasteiger partial charge < -0.3 is 35.2 Å². The van der Waals surface area contributed by atoms with Crippen molar-refractivity contribution < 1.29 is 57.2 Å². The van der Waals surface area contributed by atoms with Gasteiger partial charge in [0.1, 0.15) is 29.0 Å². The number of carbonyl (C=O) groups is 7. The number of rotatable bonds is 11. The molecule has 1 fully saturated rings. The van der Waals surface area contributed by atoms with Gasteiger partial charge in [-0.2, -0.15) is 0 Å². The van der Waals surface area contributed by atoms with E-state index in [4.69, 9.17) is 35.2 Å². The Labute approximate surface area is 296 Å². The van der Waals surface area contributed by atoms with Gasteiger partial charge in [0.25, 0.3) is 11.8 Å². The topological polar surface area (TPSA) is 238 Å². The second kappa shape index (κ2) is 14.7. The summed E-state index contributed by atoms with van der Waals surface area (Å²) in [6.07, 6.45) is -0.765. The third-order valence-corrected chi connectivity index (χ3v) is 10.1. The largest absolute Gasteiger partial charge is 0.461 e. The molecule has 1 aromatic heterocycles. The molecule has 0 radical (unpaired) electrons. The van der Waals surface area contributed by atoms with Crippen molar-refractivity contribution in [2.75, 3.05) is 19.5 Å². The Hall–Kier alpha value is -5.59. The molecule has 5 rings (SSSR count). The first kappa shape index (κ1) is 36.7. The van der Waals surface area contributed by atoms with Crippen molar-refractivity contribution in [3.05, 3.63) is 73.9 Å². The van der Waals surface area contributed by atoms with Crippen LogP contribution in [0.4, 0.5) is 0 Å². The van der Waals surface area contributed by atoms with Crippen LogP contribution < -0.4 is 31.1 Å². The monoisotopic (exact) mass is 739 g/mol. The lowest BCUT2D eigenvalue weighted by Crippen LogP contribution is -2.65. The minimum Gasteiger partial charge on any atom is -0.461 e. The molecule has 18 heteroatoms. The van der Waals surface area contributed by atoms with Gasteiger partial charge in [0.2, 0.25) is 11.3 Å². The van der Waals surface area contributed by atoms with E-state index in [1.54, 1.807) is 0 Å². The highest BCUT2D eigenvalue weighted by Gasteiger charge is 2.54. The normalized spacial score (nSPS) is 17.2. The lowest BCUT2D eigenvalue weighted by Gasteiger charge is -2.48. The number of methoxy groups -OCH3 is 1. The molecule has 4 N–H and O–H groups in total. The fourth-order valence-electron chi connectivity index (χ4n) is 5.47. The molecule has 16 nitrogen and oxygen atoms in total. The quantitative estimate of drug-likeness (QED) is 0.161. The summed E-state index contributed by atoms with van der Waals surface area (Å²) in [5.41, 5.74) is 10.4. The number of benzene rings is 2. The van der Waals surface area contributed by atoms with Crippen molar-refractivity contribution in [3.63, 3.8) is 0 Å². The number of carbonyl (C=O) groups excluding carboxylic acids is 7. The zero-order chi connectivity index (χ0) is 37.3. The maximum Gasteiger partial charge on any atom is 0.360 e. The first-order valence-electron chi connectivity index (χ1n) is 14.9. The highest BCUT2D eigenvalue weighted by atomic mass is 32.2. The number of amides is 3. The van der Waals surface area contributed by atoms with Crippen LogP contribution in [-0.2, 0) is 38.2 Å². The maximum absolute atomic E-state index is 13.7. The smallest absolute Gasteiger partial charge is 0.360 e. The second-order valence-corrected chi connectivity index (χ2v) is 13.3. The lowest BCUT2D eigenvalue weighted by atomic mass is 9.93. The Kier molecular flexibility index (Phi) is 10.6. The first-order valence-corrected chi connectivity index (χ1v) is 16.7. The van der Waals surface area contributed by atoms with Gasteiger partial charge in [0.15, 0.2) is 17.6 Å². The van der Waals surface area contributed by atoms with E-state index in [-0.39, 0.29) is 55.8 Å². The van der Waals surface area contributed by atoms with Crippen molar-refractivity contribution in [1.29, 1.82) is 0 Å². The molecule has 0 spiro atoms. The van der Waals surface area contributed by atoms with Gasteiger partial charge in [-0.1, -0.05) is 12.1 Å². The van der Waals surface area contributed by atoms with E-state index in [9.17, 15) is 38.4 Å². The fraction of sp³-hybridized carbons (Fsp3) is 0.273. The number of ether oxygens (including phenoxy) is 5. The zero-order valence-electron chi connectivity index (χ0n) is 27.3. The fourth-order valence-corrected chi connectivity index (χ4v) is 8.16. The molecule has 2 aliphatic rings. The molecule has 3 atom stereocenters. The van der Waals surface area contributed by atoms with Gasteiger partial charge in [-0.3, -0.25) is 38.5 Å². The van der Waals surface area contributed by atoms with Gasteiger partial charge in [-0.05, 0) is 23.8 Å². The number of fused-ring (bicyclic) bond motifs is 2. The van der Waals surface area contributed by atoms with E-state index in [0.29, 0.717) is 5.57 Å². The molecule has 0 bridgehead atoms. The molecule has 0 aliphatic carbocycles. The molecular formula is C33H29N3O13S2. The predicted octanol–water partition coefficient (Wildman–Crippen LogP) is 1.48. The number of hydrogen-bond donors (Lipinski definition) is 2. The van der Waals surface area contributed by atoms with Crippen molar-refractivity contribution in [2.24, 2.45) is 11.5 Å². The number of primary amides is 2. The SMILES string of the molecule is CO[C@H]1C(=O)N2C(C(=O)Oc3ccc(C(C(N)=O)c4sc5cc(OC(C)=O)c(OC(C)=O)cc5c(=O)c4C(N)=O)cc3)=C(COC(C)=O)CS[C@@H]12. The van der Waals surface area contributed by atoms with E-state index in [1.807, 2.05) is 0 Å². The summed E-state index contributed by atoms with van der Waals surface area (Å²) in [5, 5.41) is -0.602. The highest BCUT2D eigenvalue weighted by Crippen LogP contribution is 2.42. The van der Waals surface area contributed by atoms with E-state index in [2.05, 4.69) is 0 Å². The van der Waals surface area contributed by atoms with Crippen LogP contribution in [-0.4, -0.2) is 77.4 Å². The molecule has 3 aromatic rings. The first-order chi connectivity index (χ1) is 24.1. The number of nitrogens with two attached hydrogens (primary N) is 2. The van der Waals surface area contributed by atoms with Gasteiger partial charge in [-0.15, -0.1) is 23.1 Å². The van der Waals surface area contributed by atoms with Crippen LogP contribution in [0.15, 0.2) is 52.5 Å². The maximum atomic E-state index is 13.7. The molecule has 3 amide bonds. The Morgan fingerprint density at radius 2 is 1.53 bits per heavy atom. The van der Waals surface area contributed by atoms with E-state index >= 15 is 0 Å².